The zero-order valence-electron chi connectivity index (χ0n) is 24.5. The number of pyridine rings is 1. The van der Waals surface area contributed by atoms with Gasteiger partial charge in [-0.3, -0.25) is 4.79 Å². The van der Waals surface area contributed by atoms with Gasteiger partial charge in [0.25, 0.3) is 0 Å². The number of rotatable bonds is 5. The minimum absolute atomic E-state index is 0. The molecule has 1 saturated carbocycles. The summed E-state index contributed by atoms with van der Waals surface area (Å²) < 4.78 is 0. The summed E-state index contributed by atoms with van der Waals surface area (Å²) in [5.41, 5.74) is 5.11. The molecule has 2 aromatic carbocycles. The van der Waals surface area contributed by atoms with E-state index in [-0.39, 0.29) is 36.7 Å². The Morgan fingerprint density at radius 2 is 1.56 bits per heavy atom. The van der Waals surface area contributed by atoms with Crippen molar-refractivity contribution in [2.24, 2.45) is 16.7 Å². The van der Waals surface area contributed by atoms with E-state index in [1.807, 2.05) is 24.4 Å². The van der Waals surface area contributed by atoms with E-state index in [1.54, 1.807) is 0 Å². The van der Waals surface area contributed by atoms with Gasteiger partial charge in [0.2, 0.25) is 0 Å². The topological polar surface area (TPSA) is 50.2 Å². The number of nitrogens with zero attached hydrogens (tertiary/aromatic N) is 1. The summed E-state index contributed by atoms with van der Waals surface area (Å²) in [5.74, 6) is 1.04. The van der Waals surface area contributed by atoms with Crippen molar-refractivity contribution in [2.75, 3.05) is 0 Å². The number of aliphatic hydroxyl groups excluding tert-OH is 1. The molecule has 1 aromatic heterocycles. The van der Waals surface area contributed by atoms with Crippen LogP contribution in [0.4, 0.5) is 0 Å². The van der Waals surface area contributed by atoms with Crippen LogP contribution in [-0.4, -0.2) is 15.9 Å². The van der Waals surface area contributed by atoms with Crippen molar-refractivity contribution in [2.45, 2.75) is 92.9 Å². The Balaban J connectivity index is 0.000000211. The summed E-state index contributed by atoms with van der Waals surface area (Å²) in [6, 6.07) is 17.7. The first-order chi connectivity index (χ1) is 18.3. The van der Waals surface area contributed by atoms with Crippen LogP contribution in [0.2, 0.25) is 0 Å². The van der Waals surface area contributed by atoms with E-state index < -0.39 is 0 Å². The monoisotopic (exact) mass is 703 g/mol. The second-order valence-electron chi connectivity index (χ2n) is 11.5. The standard InChI is InChI=1S/C18H30O2.C17H14N.Ir/c1-5-17(6-2)11-9-13-10-12-18(7-3,8-4)16(20)14(13)15(17)19;1-12-10-13(2)15-8-9-18-17(16(15)11-12)14-6-4-3-5-7-14;/h13,19H,5-12H2,1-4H3;3-6,8-11H,1-2H3;/q;-1;. The fourth-order valence-electron chi connectivity index (χ4n) is 6.89. The van der Waals surface area contributed by atoms with E-state index in [1.165, 1.54) is 21.9 Å². The maximum atomic E-state index is 13.1. The van der Waals surface area contributed by atoms with Crippen LogP contribution in [0.25, 0.3) is 22.0 Å². The van der Waals surface area contributed by atoms with Crippen molar-refractivity contribution >= 4 is 16.6 Å². The molecule has 0 aliphatic heterocycles. The molecule has 0 bridgehead atoms. The van der Waals surface area contributed by atoms with Crippen LogP contribution in [0.15, 0.2) is 60.0 Å². The first kappa shape index (κ1) is 31.2. The molecule has 3 aromatic rings. The molecule has 3 nitrogen and oxygen atoms in total. The van der Waals surface area contributed by atoms with Gasteiger partial charge in [-0.1, -0.05) is 45.4 Å². The zero-order valence-corrected chi connectivity index (χ0v) is 26.9. The number of hydrogen-bond donors (Lipinski definition) is 1. The van der Waals surface area contributed by atoms with Crippen molar-refractivity contribution in [3.63, 3.8) is 0 Å². The third kappa shape index (κ3) is 5.79. The molecular formula is C35H44IrNO2-. The Bertz CT molecular complexity index is 1320. The maximum Gasteiger partial charge on any atom is 0.168 e. The summed E-state index contributed by atoms with van der Waals surface area (Å²) in [6.45, 7) is 12.8. The van der Waals surface area contributed by atoms with Crippen LogP contribution in [-0.2, 0) is 24.9 Å². The number of Topliss-reactive ketones (excluding diaryl/α,β-unsaturated/α-hetero) is 1. The van der Waals surface area contributed by atoms with Gasteiger partial charge < -0.3 is 10.1 Å². The summed E-state index contributed by atoms with van der Waals surface area (Å²) >= 11 is 0. The molecule has 1 unspecified atom stereocenters. The Labute approximate surface area is 248 Å². The van der Waals surface area contributed by atoms with Crippen LogP contribution < -0.4 is 0 Å². The zero-order chi connectivity index (χ0) is 27.5. The molecule has 2 aliphatic rings. The number of ketones is 1. The minimum atomic E-state index is -0.204. The van der Waals surface area contributed by atoms with E-state index in [4.69, 9.17) is 0 Å². The molecule has 1 N–H and O–H groups in total. The van der Waals surface area contributed by atoms with E-state index >= 15 is 0 Å². The van der Waals surface area contributed by atoms with Gasteiger partial charge in [-0.05, 0) is 99.2 Å². The van der Waals surface area contributed by atoms with Crippen molar-refractivity contribution in [1.82, 2.24) is 4.98 Å². The molecule has 1 atom stereocenters. The second-order valence-corrected chi connectivity index (χ2v) is 11.5. The van der Waals surface area contributed by atoms with E-state index in [0.29, 0.717) is 11.7 Å². The van der Waals surface area contributed by atoms with Crippen molar-refractivity contribution < 1.29 is 30.0 Å². The number of carbonyl (C=O) groups excluding carboxylic acids is 1. The van der Waals surface area contributed by atoms with Crippen molar-refractivity contribution in [3.8, 4) is 11.3 Å². The molecule has 4 heteroatoms. The Kier molecular flexibility index (Phi) is 10.3. The van der Waals surface area contributed by atoms with Gasteiger partial charge in [-0.25, -0.2) is 0 Å². The first-order valence-electron chi connectivity index (χ1n) is 14.6. The maximum absolute atomic E-state index is 13.1. The predicted octanol–water partition coefficient (Wildman–Crippen LogP) is 9.50. The van der Waals surface area contributed by atoms with Crippen molar-refractivity contribution in [1.29, 1.82) is 0 Å². The molecule has 0 saturated heterocycles. The van der Waals surface area contributed by atoms with Gasteiger partial charge in [-0.15, -0.1) is 35.9 Å². The van der Waals surface area contributed by atoms with Gasteiger partial charge in [0, 0.05) is 42.7 Å². The number of aliphatic hydroxyl groups is 1. The van der Waals surface area contributed by atoms with E-state index in [2.05, 4.69) is 76.9 Å². The number of fused-ring (bicyclic) bond motifs is 2. The normalized spacial score (nSPS) is 19.5. The van der Waals surface area contributed by atoms with E-state index in [0.717, 1.165) is 68.2 Å². The fraction of sp³-hybridized carbons (Fsp3) is 0.486. The van der Waals surface area contributed by atoms with Gasteiger partial charge in [0.05, 0.1) is 0 Å². The number of benzene rings is 2. The van der Waals surface area contributed by atoms with Crippen LogP contribution in [0.3, 0.4) is 0 Å². The summed E-state index contributed by atoms with van der Waals surface area (Å²) in [7, 11) is 0. The number of aromatic nitrogens is 1. The first-order valence-corrected chi connectivity index (χ1v) is 14.6. The average molecular weight is 703 g/mol. The molecule has 1 radical (unpaired) electrons. The third-order valence-corrected chi connectivity index (χ3v) is 9.74. The number of carbonyl (C=O) groups is 1. The predicted molar refractivity (Wildman–Crippen MR) is 158 cm³/mol. The second kappa shape index (κ2) is 12.9. The van der Waals surface area contributed by atoms with Crippen LogP contribution >= 0.6 is 0 Å². The molecule has 0 amide bonds. The van der Waals surface area contributed by atoms with Gasteiger partial charge >= 0.3 is 0 Å². The molecule has 1 fully saturated rings. The average Bonchev–Trinajstić information content (AvgIpc) is 2.94. The number of hydrogen-bond acceptors (Lipinski definition) is 3. The number of allylic oxidation sites excluding steroid dienone is 2. The molecule has 2 aliphatic carbocycles. The number of aryl methyl sites for hydroxylation is 2. The van der Waals surface area contributed by atoms with Crippen molar-refractivity contribution in [3.05, 3.63) is 77.2 Å². The molecule has 211 valence electrons. The van der Waals surface area contributed by atoms with Gasteiger partial charge in [0.1, 0.15) is 5.76 Å². The van der Waals surface area contributed by atoms with Crippen LogP contribution in [0.5, 0.6) is 0 Å². The van der Waals surface area contributed by atoms with Crippen LogP contribution in [0.1, 0.15) is 90.2 Å². The van der Waals surface area contributed by atoms with Gasteiger partial charge in [-0.2, -0.15) is 0 Å². The van der Waals surface area contributed by atoms with Gasteiger partial charge in [0.15, 0.2) is 5.78 Å². The summed E-state index contributed by atoms with van der Waals surface area (Å²) in [6.07, 6.45) is 9.75. The molecule has 5 rings (SSSR count). The molecule has 39 heavy (non-hydrogen) atoms. The SMILES string of the molecule is CCC1(CC)CCC2CCC(CC)(CC)C(O)=C2C1=O.Cc1cc(C)c2ccnc(-c3[c-]cccc3)c2c1.[Ir]. The Morgan fingerprint density at radius 1 is 0.923 bits per heavy atom. The van der Waals surface area contributed by atoms with E-state index in [9.17, 15) is 9.90 Å². The molecule has 0 spiro atoms. The van der Waals surface area contributed by atoms with Crippen LogP contribution in [0, 0.1) is 36.7 Å². The summed E-state index contributed by atoms with van der Waals surface area (Å²) in [5, 5.41) is 13.3. The molecular weight excluding hydrogens is 659 g/mol. The third-order valence-electron chi connectivity index (χ3n) is 9.74. The smallest absolute Gasteiger partial charge is 0.168 e. The Hall–Kier alpha value is -2.29. The summed E-state index contributed by atoms with van der Waals surface area (Å²) in [4.78, 5) is 17.6. The Morgan fingerprint density at radius 3 is 2.15 bits per heavy atom. The minimum Gasteiger partial charge on any atom is -0.511 e. The molecule has 1 heterocycles. The quantitative estimate of drug-likeness (QED) is 0.270. The largest absolute Gasteiger partial charge is 0.511 e. The fourth-order valence-corrected chi connectivity index (χ4v) is 6.89.